The third-order valence-corrected chi connectivity index (χ3v) is 4.40. The lowest BCUT2D eigenvalue weighted by Gasteiger charge is -2.09. The summed E-state index contributed by atoms with van der Waals surface area (Å²) in [7, 11) is -3.96. The standard InChI is InChI=1S/C12H9BrN2O5S/c13-8-2-1-3-10(6-8)21(19,20)14-11-7-9(15(17)18)4-5-12(11)16/h1-7,14,16H. The van der Waals surface area contributed by atoms with Crippen molar-refractivity contribution in [3.63, 3.8) is 0 Å². The minimum atomic E-state index is -3.96. The number of halogens is 1. The van der Waals surface area contributed by atoms with E-state index in [-0.39, 0.29) is 16.3 Å². The maximum absolute atomic E-state index is 12.2. The number of nitrogens with one attached hydrogen (secondary N) is 1. The Morgan fingerprint density at radius 2 is 1.90 bits per heavy atom. The summed E-state index contributed by atoms with van der Waals surface area (Å²) in [6, 6.07) is 9.00. The average molecular weight is 373 g/mol. The van der Waals surface area contributed by atoms with Gasteiger partial charge in [0.1, 0.15) is 5.75 Å². The third kappa shape index (κ3) is 3.50. The number of rotatable bonds is 4. The summed E-state index contributed by atoms with van der Waals surface area (Å²) >= 11 is 3.15. The molecule has 0 aliphatic rings. The van der Waals surface area contributed by atoms with Gasteiger partial charge in [-0.25, -0.2) is 8.42 Å². The van der Waals surface area contributed by atoms with Gasteiger partial charge in [-0.15, -0.1) is 0 Å². The molecule has 0 aliphatic heterocycles. The lowest BCUT2D eigenvalue weighted by molar-refractivity contribution is -0.384. The number of non-ortho nitro benzene ring substituents is 1. The summed E-state index contributed by atoms with van der Waals surface area (Å²) in [6.45, 7) is 0. The van der Waals surface area contributed by atoms with E-state index < -0.39 is 20.7 Å². The predicted molar refractivity (Wildman–Crippen MR) is 79.7 cm³/mol. The summed E-state index contributed by atoms with van der Waals surface area (Å²) in [6.07, 6.45) is 0. The second-order valence-corrected chi connectivity index (χ2v) is 6.62. The lowest BCUT2D eigenvalue weighted by Crippen LogP contribution is -2.13. The molecule has 0 heterocycles. The molecule has 0 saturated carbocycles. The Bertz CT molecular complexity index is 807. The lowest BCUT2D eigenvalue weighted by atomic mass is 10.2. The maximum Gasteiger partial charge on any atom is 0.271 e. The molecule has 110 valence electrons. The summed E-state index contributed by atoms with van der Waals surface area (Å²) in [5.41, 5.74) is -0.594. The molecule has 7 nitrogen and oxygen atoms in total. The number of sulfonamides is 1. The van der Waals surface area contributed by atoms with E-state index in [1.165, 1.54) is 18.2 Å². The molecule has 0 saturated heterocycles. The fourth-order valence-corrected chi connectivity index (χ4v) is 3.22. The molecule has 2 aromatic carbocycles. The van der Waals surface area contributed by atoms with Crippen LogP contribution in [0.15, 0.2) is 51.8 Å². The monoisotopic (exact) mass is 372 g/mol. The number of phenols is 1. The Morgan fingerprint density at radius 3 is 2.52 bits per heavy atom. The van der Waals surface area contributed by atoms with Crippen LogP contribution >= 0.6 is 15.9 Å². The Labute approximate surface area is 128 Å². The molecule has 0 bridgehead atoms. The van der Waals surface area contributed by atoms with Crippen LogP contribution in [0.5, 0.6) is 5.75 Å². The highest BCUT2D eigenvalue weighted by Crippen LogP contribution is 2.30. The van der Waals surface area contributed by atoms with Gasteiger partial charge in [0, 0.05) is 16.6 Å². The molecule has 0 amide bonds. The quantitative estimate of drug-likeness (QED) is 0.487. The van der Waals surface area contributed by atoms with E-state index in [0.29, 0.717) is 4.47 Å². The van der Waals surface area contributed by atoms with E-state index >= 15 is 0 Å². The van der Waals surface area contributed by atoms with Gasteiger partial charge in [-0.2, -0.15) is 0 Å². The van der Waals surface area contributed by atoms with Crippen LogP contribution in [0.4, 0.5) is 11.4 Å². The molecular formula is C12H9BrN2O5S. The zero-order valence-electron chi connectivity index (χ0n) is 10.4. The smallest absolute Gasteiger partial charge is 0.271 e. The van der Waals surface area contributed by atoms with E-state index in [1.54, 1.807) is 6.07 Å². The molecule has 0 spiro atoms. The van der Waals surface area contributed by atoms with Crippen molar-refractivity contribution in [2.45, 2.75) is 4.90 Å². The van der Waals surface area contributed by atoms with Gasteiger partial charge in [0.2, 0.25) is 0 Å². The predicted octanol–water partition coefficient (Wildman–Crippen LogP) is 2.86. The number of anilines is 1. The first-order chi connectivity index (χ1) is 9.79. The van der Waals surface area contributed by atoms with Crippen LogP contribution in [0.2, 0.25) is 0 Å². The van der Waals surface area contributed by atoms with E-state index in [1.807, 2.05) is 0 Å². The van der Waals surface area contributed by atoms with Crippen molar-refractivity contribution in [3.05, 3.63) is 57.1 Å². The van der Waals surface area contributed by atoms with Crippen LogP contribution in [0.25, 0.3) is 0 Å². The minimum absolute atomic E-state index is 0.0391. The largest absolute Gasteiger partial charge is 0.506 e. The van der Waals surface area contributed by atoms with Crippen molar-refractivity contribution >= 4 is 37.3 Å². The molecule has 2 N–H and O–H groups in total. The van der Waals surface area contributed by atoms with E-state index in [9.17, 15) is 23.6 Å². The van der Waals surface area contributed by atoms with Crippen molar-refractivity contribution in [2.75, 3.05) is 4.72 Å². The van der Waals surface area contributed by atoms with E-state index in [4.69, 9.17) is 0 Å². The first kappa shape index (κ1) is 15.3. The Morgan fingerprint density at radius 1 is 1.19 bits per heavy atom. The first-order valence-electron chi connectivity index (χ1n) is 5.55. The zero-order chi connectivity index (χ0) is 15.6. The number of aromatic hydroxyl groups is 1. The van der Waals surface area contributed by atoms with Gasteiger partial charge in [0.15, 0.2) is 0 Å². The van der Waals surface area contributed by atoms with Crippen LogP contribution in [0, 0.1) is 10.1 Å². The second kappa shape index (κ2) is 5.70. The molecule has 0 unspecified atom stereocenters. The Hall–Kier alpha value is -2.13. The van der Waals surface area contributed by atoms with Crippen molar-refractivity contribution in [1.82, 2.24) is 0 Å². The first-order valence-corrected chi connectivity index (χ1v) is 7.83. The fraction of sp³-hybridized carbons (Fsp3) is 0. The van der Waals surface area contributed by atoms with Crippen molar-refractivity contribution < 1.29 is 18.4 Å². The van der Waals surface area contributed by atoms with Crippen LogP contribution in [0.1, 0.15) is 0 Å². The van der Waals surface area contributed by atoms with E-state index in [0.717, 1.165) is 18.2 Å². The van der Waals surface area contributed by atoms with Gasteiger partial charge < -0.3 is 5.11 Å². The number of benzene rings is 2. The molecule has 0 atom stereocenters. The van der Waals surface area contributed by atoms with Gasteiger partial charge in [-0.3, -0.25) is 14.8 Å². The highest BCUT2D eigenvalue weighted by molar-refractivity contribution is 9.10. The number of hydrogen-bond acceptors (Lipinski definition) is 5. The molecular weight excluding hydrogens is 364 g/mol. The molecule has 0 aromatic heterocycles. The number of phenolic OH excluding ortho intramolecular Hbond substituents is 1. The number of nitro benzene ring substituents is 1. The average Bonchev–Trinajstić information content (AvgIpc) is 2.41. The summed E-state index contributed by atoms with van der Waals surface area (Å²) in [5, 5.41) is 20.3. The number of nitro groups is 1. The van der Waals surface area contributed by atoms with Crippen LogP contribution in [-0.2, 0) is 10.0 Å². The Kier molecular flexibility index (Phi) is 4.14. The van der Waals surface area contributed by atoms with Gasteiger partial charge in [-0.05, 0) is 24.3 Å². The van der Waals surface area contributed by atoms with Gasteiger partial charge >= 0.3 is 0 Å². The Balaban J connectivity index is 2.41. The van der Waals surface area contributed by atoms with Gasteiger partial charge in [-0.1, -0.05) is 22.0 Å². The number of nitrogens with zero attached hydrogens (tertiary/aromatic N) is 1. The molecule has 0 fully saturated rings. The molecule has 2 aromatic rings. The molecule has 0 radical (unpaired) electrons. The molecule has 0 aliphatic carbocycles. The van der Waals surface area contributed by atoms with Gasteiger partial charge in [0.05, 0.1) is 15.5 Å². The minimum Gasteiger partial charge on any atom is -0.506 e. The van der Waals surface area contributed by atoms with Crippen LogP contribution < -0.4 is 4.72 Å². The highest BCUT2D eigenvalue weighted by atomic mass is 79.9. The molecule has 2 rings (SSSR count). The summed E-state index contributed by atoms with van der Waals surface area (Å²) in [5.74, 6) is -0.404. The van der Waals surface area contributed by atoms with E-state index in [2.05, 4.69) is 20.7 Å². The summed E-state index contributed by atoms with van der Waals surface area (Å²) in [4.78, 5) is 9.96. The molecule has 21 heavy (non-hydrogen) atoms. The zero-order valence-corrected chi connectivity index (χ0v) is 12.8. The van der Waals surface area contributed by atoms with Crippen molar-refractivity contribution in [2.24, 2.45) is 0 Å². The molecule has 9 heteroatoms. The summed E-state index contributed by atoms with van der Waals surface area (Å²) < 4.78 is 27.0. The van der Waals surface area contributed by atoms with Gasteiger partial charge in [0.25, 0.3) is 15.7 Å². The third-order valence-electron chi connectivity index (χ3n) is 2.54. The normalized spacial score (nSPS) is 11.1. The highest BCUT2D eigenvalue weighted by Gasteiger charge is 2.18. The fourth-order valence-electron chi connectivity index (χ4n) is 1.56. The van der Waals surface area contributed by atoms with Crippen LogP contribution in [0.3, 0.4) is 0 Å². The second-order valence-electron chi connectivity index (χ2n) is 4.02. The topological polar surface area (TPSA) is 110 Å². The van der Waals surface area contributed by atoms with Crippen LogP contribution in [-0.4, -0.2) is 18.4 Å². The van der Waals surface area contributed by atoms with Crippen molar-refractivity contribution in [1.29, 1.82) is 0 Å². The van der Waals surface area contributed by atoms with Crippen molar-refractivity contribution in [3.8, 4) is 5.75 Å². The maximum atomic E-state index is 12.2. The number of hydrogen-bond donors (Lipinski definition) is 2. The SMILES string of the molecule is O=[N+]([O-])c1ccc(O)c(NS(=O)(=O)c2cccc(Br)c2)c1.